The van der Waals surface area contributed by atoms with E-state index in [-0.39, 0.29) is 17.4 Å². The molecular weight excluding hydrogens is 450 g/mol. The molecule has 0 spiro atoms. The van der Waals surface area contributed by atoms with Crippen LogP contribution in [0.1, 0.15) is 33.6 Å². The maximum absolute atomic E-state index is 13.0. The molecule has 0 radical (unpaired) electrons. The van der Waals surface area contributed by atoms with Crippen molar-refractivity contribution >= 4 is 46.1 Å². The fourth-order valence-corrected chi connectivity index (χ4v) is 4.79. The number of aromatic nitrogens is 2. The van der Waals surface area contributed by atoms with E-state index in [1.807, 2.05) is 0 Å². The first-order chi connectivity index (χ1) is 15.5. The number of imide groups is 1. The quantitative estimate of drug-likeness (QED) is 0.204. The van der Waals surface area contributed by atoms with E-state index in [1.165, 1.54) is 16.7 Å². The number of ether oxygens (including phenoxy) is 1. The van der Waals surface area contributed by atoms with Crippen LogP contribution in [0, 0.1) is 0 Å². The van der Waals surface area contributed by atoms with Crippen molar-refractivity contribution in [1.29, 1.82) is 0 Å². The van der Waals surface area contributed by atoms with E-state index >= 15 is 0 Å². The average Bonchev–Trinajstić information content (AvgIpc) is 3.03. The van der Waals surface area contributed by atoms with Gasteiger partial charge >= 0.3 is 0 Å². The van der Waals surface area contributed by atoms with Gasteiger partial charge in [-0.25, -0.2) is 4.98 Å². The number of hydrogen-bond donors (Lipinski definition) is 0. The molecule has 0 fully saturated rings. The minimum Gasteiger partial charge on any atom is -0.385 e. The Morgan fingerprint density at radius 1 is 1.00 bits per heavy atom. The molecule has 0 saturated heterocycles. The van der Waals surface area contributed by atoms with Crippen LogP contribution in [0.25, 0.3) is 10.9 Å². The van der Waals surface area contributed by atoms with Gasteiger partial charge in [0.15, 0.2) is 5.16 Å². The number of halogens is 1. The zero-order chi connectivity index (χ0) is 22.7. The highest BCUT2D eigenvalue weighted by molar-refractivity contribution is 7.99. The van der Waals surface area contributed by atoms with Gasteiger partial charge in [0.1, 0.15) is 0 Å². The number of carbonyl (C=O) groups is 2. The fraction of sp³-hybridized carbons (Fsp3) is 0.304. The Kier molecular flexibility index (Phi) is 6.93. The SMILES string of the molecule is COCCCn1c(SCCCN2C(=O)c3ccccc3C2=O)nc2cc(Cl)ccc2c1=O. The normalized spacial score (nSPS) is 13.2. The van der Waals surface area contributed by atoms with Gasteiger partial charge in [-0.05, 0) is 43.2 Å². The number of hydrogen-bond acceptors (Lipinski definition) is 6. The summed E-state index contributed by atoms with van der Waals surface area (Å²) in [6.07, 6.45) is 1.26. The van der Waals surface area contributed by atoms with Crippen LogP contribution in [-0.4, -0.2) is 52.3 Å². The summed E-state index contributed by atoms with van der Waals surface area (Å²) < 4.78 is 6.77. The van der Waals surface area contributed by atoms with E-state index in [0.29, 0.717) is 70.5 Å². The molecule has 2 amide bonds. The monoisotopic (exact) mass is 471 g/mol. The second kappa shape index (κ2) is 9.85. The molecule has 0 saturated carbocycles. The largest absolute Gasteiger partial charge is 0.385 e. The van der Waals surface area contributed by atoms with Gasteiger partial charge in [0.25, 0.3) is 17.4 Å². The second-order valence-electron chi connectivity index (χ2n) is 7.37. The van der Waals surface area contributed by atoms with Gasteiger partial charge < -0.3 is 4.74 Å². The molecule has 0 aliphatic carbocycles. The Bertz CT molecular complexity index is 1210. The molecule has 0 unspecified atom stereocenters. The van der Waals surface area contributed by atoms with Crippen molar-refractivity contribution in [3.8, 4) is 0 Å². The lowest BCUT2D eigenvalue weighted by Crippen LogP contribution is -2.31. The highest BCUT2D eigenvalue weighted by atomic mass is 35.5. The van der Waals surface area contributed by atoms with E-state index < -0.39 is 0 Å². The molecule has 32 heavy (non-hydrogen) atoms. The molecule has 4 rings (SSSR count). The number of methoxy groups -OCH3 is 1. The van der Waals surface area contributed by atoms with E-state index in [4.69, 9.17) is 16.3 Å². The lowest BCUT2D eigenvalue weighted by molar-refractivity contribution is 0.0655. The van der Waals surface area contributed by atoms with Gasteiger partial charge in [-0.3, -0.25) is 23.9 Å². The van der Waals surface area contributed by atoms with E-state index in [0.717, 1.165) is 0 Å². The zero-order valence-corrected chi connectivity index (χ0v) is 19.1. The number of carbonyl (C=O) groups excluding carboxylic acids is 2. The van der Waals surface area contributed by atoms with Crippen molar-refractivity contribution in [3.63, 3.8) is 0 Å². The number of rotatable bonds is 9. The summed E-state index contributed by atoms with van der Waals surface area (Å²) >= 11 is 7.52. The lowest BCUT2D eigenvalue weighted by Gasteiger charge is -2.15. The smallest absolute Gasteiger partial charge is 0.262 e. The summed E-state index contributed by atoms with van der Waals surface area (Å²) in [5.41, 5.74) is 1.33. The molecule has 1 aliphatic heterocycles. The van der Waals surface area contributed by atoms with Crippen molar-refractivity contribution in [1.82, 2.24) is 14.5 Å². The molecule has 9 heteroatoms. The fourth-order valence-electron chi connectivity index (χ4n) is 3.68. The first-order valence-corrected chi connectivity index (χ1v) is 11.6. The Morgan fingerprint density at radius 2 is 1.72 bits per heavy atom. The summed E-state index contributed by atoms with van der Waals surface area (Å²) in [6.45, 7) is 1.33. The van der Waals surface area contributed by atoms with Crippen LogP contribution < -0.4 is 5.56 Å². The Morgan fingerprint density at radius 3 is 2.41 bits per heavy atom. The summed E-state index contributed by atoms with van der Waals surface area (Å²) in [5, 5.41) is 1.62. The molecular formula is C23H22ClN3O4S. The molecule has 166 valence electrons. The molecule has 2 heterocycles. The van der Waals surface area contributed by atoms with Crippen LogP contribution in [0.4, 0.5) is 0 Å². The third-order valence-electron chi connectivity index (χ3n) is 5.25. The molecule has 3 aromatic rings. The summed E-state index contributed by atoms with van der Waals surface area (Å²) in [7, 11) is 1.62. The Labute approximate surface area is 194 Å². The van der Waals surface area contributed by atoms with Gasteiger partial charge in [0, 0.05) is 37.6 Å². The molecule has 2 aromatic carbocycles. The van der Waals surface area contributed by atoms with Gasteiger partial charge in [-0.1, -0.05) is 35.5 Å². The van der Waals surface area contributed by atoms with Crippen molar-refractivity contribution in [3.05, 3.63) is 69.0 Å². The Balaban J connectivity index is 1.48. The molecule has 0 atom stereocenters. The van der Waals surface area contributed by atoms with E-state index in [1.54, 1.807) is 54.1 Å². The van der Waals surface area contributed by atoms with Crippen LogP contribution in [0.5, 0.6) is 0 Å². The molecule has 7 nitrogen and oxygen atoms in total. The summed E-state index contributed by atoms with van der Waals surface area (Å²) in [4.78, 5) is 44.0. The van der Waals surface area contributed by atoms with Crippen molar-refractivity contribution in [2.24, 2.45) is 0 Å². The predicted molar refractivity (Wildman–Crippen MR) is 125 cm³/mol. The van der Waals surface area contributed by atoms with Crippen molar-refractivity contribution in [2.75, 3.05) is 26.0 Å². The highest BCUT2D eigenvalue weighted by Gasteiger charge is 2.34. The maximum Gasteiger partial charge on any atom is 0.262 e. The van der Waals surface area contributed by atoms with Crippen molar-refractivity contribution in [2.45, 2.75) is 24.5 Å². The van der Waals surface area contributed by atoms with Crippen LogP contribution in [0.3, 0.4) is 0 Å². The third kappa shape index (κ3) is 4.44. The first kappa shape index (κ1) is 22.5. The standard InChI is InChI=1S/C23H22ClN3O4S/c1-31-12-4-10-27-22(30)18-9-8-15(24)14-19(18)25-23(27)32-13-5-11-26-20(28)16-6-2-3-7-17(16)21(26)29/h2-3,6-9,14H,4-5,10-13H2,1H3. The third-order valence-corrected chi connectivity index (χ3v) is 6.55. The predicted octanol–water partition coefficient (Wildman–Crippen LogP) is 3.86. The van der Waals surface area contributed by atoms with Gasteiger partial charge in [0.05, 0.1) is 22.0 Å². The number of thioether (sulfide) groups is 1. The van der Waals surface area contributed by atoms with Gasteiger partial charge in [-0.15, -0.1) is 0 Å². The number of amides is 2. The zero-order valence-electron chi connectivity index (χ0n) is 17.5. The second-order valence-corrected chi connectivity index (χ2v) is 8.87. The molecule has 1 aliphatic rings. The molecule has 0 bridgehead atoms. The summed E-state index contributed by atoms with van der Waals surface area (Å²) in [6, 6.07) is 11.9. The first-order valence-electron chi connectivity index (χ1n) is 10.3. The molecule has 1 aromatic heterocycles. The summed E-state index contributed by atoms with van der Waals surface area (Å²) in [5.74, 6) is 0.0759. The number of nitrogens with zero attached hydrogens (tertiary/aromatic N) is 3. The van der Waals surface area contributed by atoms with Crippen LogP contribution >= 0.6 is 23.4 Å². The Hall–Kier alpha value is -2.68. The van der Waals surface area contributed by atoms with Crippen LogP contribution in [0.2, 0.25) is 5.02 Å². The topological polar surface area (TPSA) is 81.5 Å². The highest BCUT2D eigenvalue weighted by Crippen LogP contribution is 2.24. The minimum atomic E-state index is -0.259. The lowest BCUT2D eigenvalue weighted by atomic mass is 10.1. The van der Waals surface area contributed by atoms with E-state index in [2.05, 4.69) is 4.98 Å². The minimum absolute atomic E-state index is 0.120. The maximum atomic E-state index is 13.0. The van der Waals surface area contributed by atoms with Gasteiger partial charge in [-0.2, -0.15) is 0 Å². The average molecular weight is 472 g/mol. The van der Waals surface area contributed by atoms with Gasteiger partial charge in [0.2, 0.25) is 0 Å². The number of fused-ring (bicyclic) bond motifs is 2. The number of benzene rings is 2. The van der Waals surface area contributed by atoms with Crippen LogP contribution in [-0.2, 0) is 11.3 Å². The molecule has 0 N–H and O–H groups in total. The van der Waals surface area contributed by atoms with Crippen molar-refractivity contribution < 1.29 is 14.3 Å². The van der Waals surface area contributed by atoms with Crippen LogP contribution in [0.15, 0.2) is 52.4 Å². The van der Waals surface area contributed by atoms with E-state index in [9.17, 15) is 14.4 Å².